The van der Waals surface area contributed by atoms with E-state index in [-0.39, 0.29) is 24.2 Å². The van der Waals surface area contributed by atoms with Gasteiger partial charge in [0.2, 0.25) is 6.29 Å². The van der Waals surface area contributed by atoms with Crippen LogP contribution in [0.5, 0.6) is 0 Å². The molecule has 0 radical (unpaired) electrons. The number of Topliss-reactive ketones (excluding diaryl/α,β-unsaturated/α-hetero) is 1. The Kier molecular flexibility index (Phi) is 1.65. The number of allylic oxidation sites excluding steroid dienone is 2. The molecule has 80 valence electrons. The molecule has 4 heteroatoms. The quantitative estimate of drug-likeness (QED) is 0.633. The second-order valence-electron chi connectivity index (χ2n) is 4.35. The predicted octanol–water partition coefficient (Wildman–Crippen LogP) is 0.379. The molecule has 2 aliphatic heterocycles. The maximum absolute atomic E-state index is 11.4. The minimum atomic E-state index is -0.954. The number of hydrogen-bond acceptors (Lipinski definition) is 4. The molecule has 3 rings (SSSR count). The minimum Gasteiger partial charge on any atom is -0.472 e. The van der Waals surface area contributed by atoms with Crippen LogP contribution in [0, 0.1) is 11.8 Å². The average Bonchev–Trinajstić information content (AvgIpc) is 2.70. The van der Waals surface area contributed by atoms with Crippen LogP contribution in [0.25, 0.3) is 0 Å². The van der Waals surface area contributed by atoms with Crippen LogP contribution in [-0.2, 0) is 14.3 Å². The lowest BCUT2D eigenvalue weighted by Crippen LogP contribution is -2.40. The SMILES string of the molecule is CC(=O)C1=CO[C@@H]2OC[C@]3(O)C=C[C@H]1[C@H]23. The van der Waals surface area contributed by atoms with Gasteiger partial charge in [-0.1, -0.05) is 12.2 Å². The third-order valence-electron chi connectivity index (χ3n) is 3.42. The van der Waals surface area contributed by atoms with E-state index in [9.17, 15) is 9.90 Å². The zero-order valence-corrected chi connectivity index (χ0v) is 8.34. The predicted molar refractivity (Wildman–Crippen MR) is 50.7 cm³/mol. The van der Waals surface area contributed by atoms with Crippen LogP contribution in [-0.4, -0.2) is 29.4 Å². The van der Waals surface area contributed by atoms with Crippen molar-refractivity contribution in [3.63, 3.8) is 0 Å². The number of carbonyl (C=O) groups is 1. The lowest BCUT2D eigenvalue weighted by Gasteiger charge is -2.31. The normalized spacial score (nSPS) is 46.0. The lowest BCUT2D eigenvalue weighted by atomic mass is 9.80. The summed E-state index contributed by atoms with van der Waals surface area (Å²) in [5.74, 6) is -0.241. The molecule has 0 bridgehead atoms. The van der Waals surface area contributed by atoms with Crippen molar-refractivity contribution in [1.29, 1.82) is 0 Å². The average molecular weight is 208 g/mol. The van der Waals surface area contributed by atoms with Gasteiger partial charge in [0, 0.05) is 11.5 Å². The van der Waals surface area contributed by atoms with Gasteiger partial charge in [-0.05, 0) is 6.92 Å². The first-order chi connectivity index (χ1) is 7.12. The lowest BCUT2D eigenvalue weighted by molar-refractivity contribution is -0.121. The van der Waals surface area contributed by atoms with E-state index < -0.39 is 11.9 Å². The Morgan fingerprint density at radius 3 is 3.20 bits per heavy atom. The second kappa shape index (κ2) is 2.71. The monoisotopic (exact) mass is 208 g/mol. The van der Waals surface area contributed by atoms with E-state index in [4.69, 9.17) is 9.47 Å². The smallest absolute Gasteiger partial charge is 0.205 e. The van der Waals surface area contributed by atoms with Crippen LogP contribution in [0.3, 0.4) is 0 Å². The van der Waals surface area contributed by atoms with Gasteiger partial charge in [-0.2, -0.15) is 0 Å². The highest BCUT2D eigenvalue weighted by molar-refractivity contribution is 5.94. The zero-order chi connectivity index (χ0) is 10.6. The highest BCUT2D eigenvalue weighted by Gasteiger charge is 2.57. The summed E-state index contributed by atoms with van der Waals surface area (Å²) in [5.41, 5.74) is -0.335. The summed E-state index contributed by atoms with van der Waals surface area (Å²) in [5, 5.41) is 10.2. The molecule has 1 saturated heterocycles. The molecule has 1 N–H and O–H groups in total. The van der Waals surface area contributed by atoms with Crippen LogP contribution < -0.4 is 0 Å². The first kappa shape index (κ1) is 9.12. The van der Waals surface area contributed by atoms with Gasteiger partial charge in [-0.3, -0.25) is 4.79 Å². The Bertz CT molecular complexity index is 384. The highest BCUT2D eigenvalue weighted by Crippen LogP contribution is 2.48. The number of aliphatic hydroxyl groups is 1. The van der Waals surface area contributed by atoms with Gasteiger partial charge < -0.3 is 14.6 Å². The molecule has 4 atom stereocenters. The van der Waals surface area contributed by atoms with E-state index in [1.807, 2.05) is 6.08 Å². The summed E-state index contributed by atoms with van der Waals surface area (Å²) in [6, 6.07) is 0. The topological polar surface area (TPSA) is 55.8 Å². The summed E-state index contributed by atoms with van der Waals surface area (Å²) in [6.07, 6.45) is 4.66. The fourth-order valence-electron chi connectivity index (χ4n) is 2.64. The molecule has 1 aliphatic carbocycles. The molecule has 1 fully saturated rings. The van der Waals surface area contributed by atoms with E-state index in [0.29, 0.717) is 5.57 Å². The summed E-state index contributed by atoms with van der Waals surface area (Å²) in [6.45, 7) is 1.75. The van der Waals surface area contributed by atoms with Crippen molar-refractivity contribution in [2.24, 2.45) is 11.8 Å². The number of ether oxygens (including phenoxy) is 2. The maximum atomic E-state index is 11.4. The van der Waals surface area contributed by atoms with E-state index in [1.54, 1.807) is 6.08 Å². The Hall–Kier alpha value is -1.13. The number of carbonyl (C=O) groups excluding carboxylic acids is 1. The van der Waals surface area contributed by atoms with Gasteiger partial charge in [-0.25, -0.2) is 0 Å². The summed E-state index contributed by atoms with van der Waals surface area (Å²) >= 11 is 0. The molecule has 3 aliphatic rings. The molecule has 0 amide bonds. The van der Waals surface area contributed by atoms with Gasteiger partial charge in [0.1, 0.15) is 5.60 Å². The molecule has 4 nitrogen and oxygen atoms in total. The molecule has 2 heterocycles. The first-order valence-electron chi connectivity index (χ1n) is 5.02. The summed E-state index contributed by atoms with van der Waals surface area (Å²) in [7, 11) is 0. The molecule has 0 unspecified atom stereocenters. The Morgan fingerprint density at radius 1 is 1.67 bits per heavy atom. The molecule has 0 aromatic rings. The van der Waals surface area contributed by atoms with Gasteiger partial charge in [0.05, 0.1) is 18.8 Å². The van der Waals surface area contributed by atoms with Crippen molar-refractivity contribution in [3.05, 3.63) is 24.0 Å². The van der Waals surface area contributed by atoms with Crippen molar-refractivity contribution in [3.8, 4) is 0 Å². The molecular formula is C11H12O4. The van der Waals surface area contributed by atoms with E-state index in [2.05, 4.69) is 0 Å². The van der Waals surface area contributed by atoms with Gasteiger partial charge in [-0.15, -0.1) is 0 Å². The Morgan fingerprint density at radius 2 is 2.47 bits per heavy atom. The first-order valence-corrected chi connectivity index (χ1v) is 5.02. The van der Waals surface area contributed by atoms with Crippen molar-refractivity contribution < 1.29 is 19.4 Å². The van der Waals surface area contributed by atoms with Gasteiger partial charge >= 0.3 is 0 Å². The second-order valence-corrected chi connectivity index (χ2v) is 4.35. The molecule has 15 heavy (non-hydrogen) atoms. The van der Waals surface area contributed by atoms with E-state index >= 15 is 0 Å². The van der Waals surface area contributed by atoms with Crippen molar-refractivity contribution >= 4 is 5.78 Å². The van der Waals surface area contributed by atoms with Crippen LogP contribution in [0.2, 0.25) is 0 Å². The minimum absolute atomic E-state index is 0.0146. The number of ketones is 1. The van der Waals surface area contributed by atoms with Gasteiger partial charge in [0.25, 0.3) is 0 Å². The molecule has 0 aromatic heterocycles. The van der Waals surface area contributed by atoms with Gasteiger partial charge in [0.15, 0.2) is 5.78 Å². The summed E-state index contributed by atoms with van der Waals surface area (Å²) in [4.78, 5) is 11.4. The van der Waals surface area contributed by atoms with Crippen LogP contribution >= 0.6 is 0 Å². The summed E-state index contributed by atoms with van der Waals surface area (Å²) < 4.78 is 10.7. The number of hydrogen-bond donors (Lipinski definition) is 1. The van der Waals surface area contributed by atoms with Crippen LogP contribution in [0.15, 0.2) is 24.0 Å². The van der Waals surface area contributed by atoms with E-state index in [0.717, 1.165) is 0 Å². The highest BCUT2D eigenvalue weighted by atomic mass is 16.7. The maximum Gasteiger partial charge on any atom is 0.205 e. The van der Waals surface area contributed by atoms with E-state index in [1.165, 1.54) is 13.2 Å². The Labute approximate surface area is 87.2 Å². The standard InChI is InChI=1S/C11H12O4/c1-6(12)8-4-14-10-9-7(8)2-3-11(9,13)5-15-10/h2-4,7,9-10,13H,5H2,1H3/t7-,9-,10-,11-/m1/s1. The zero-order valence-electron chi connectivity index (χ0n) is 8.34. The van der Waals surface area contributed by atoms with Crippen molar-refractivity contribution in [1.82, 2.24) is 0 Å². The molecule has 0 saturated carbocycles. The Balaban J connectivity index is 2.03. The van der Waals surface area contributed by atoms with Crippen LogP contribution in [0.1, 0.15) is 6.92 Å². The largest absolute Gasteiger partial charge is 0.472 e. The van der Waals surface area contributed by atoms with Crippen molar-refractivity contribution in [2.75, 3.05) is 6.61 Å². The third kappa shape index (κ3) is 1.06. The fraction of sp³-hybridized carbons (Fsp3) is 0.545. The fourth-order valence-corrected chi connectivity index (χ4v) is 2.64. The van der Waals surface area contributed by atoms with Crippen molar-refractivity contribution in [2.45, 2.75) is 18.8 Å². The molecular weight excluding hydrogens is 196 g/mol. The third-order valence-corrected chi connectivity index (χ3v) is 3.42. The molecule has 0 spiro atoms. The molecule has 0 aromatic carbocycles. The number of rotatable bonds is 1. The van der Waals surface area contributed by atoms with Crippen LogP contribution in [0.4, 0.5) is 0 Å².